The number of hydrogen-bond acceptors (Lipinski definition) is 5. The van der Waals surface area contributed by atoms with Gasteiger partial charge >= 0.3 is 6.01 Å². The molecular weight excluding hydrogens is 282 g/mol. The Morgan fingerprint density at radius 3 is 2.86 bits per heavy atom. The summed E-state index contributed by atoms with van der Waals surface area (Å²) < 4.78 is 11.5. The Bertz CT molecular complexity index is 686. The molecule has 1 amide bonds. The van der Waals surface area contributed by atoms with Crippen LogP contribution in [0.5, 0.6) is 17.5 Å². The Kier molecular flexibility index (Phi) is 3.91. The molecule has 0 saturated carbocycles. The van der Waals surface area contributed by atoms with Gasteiger partial charge in [0.2, 0.25) is 5.91 Å². The third kappa shape index (κ3) is 3.00. The van der Waals surface area contributed by atoms with E-state index in [0.29, 0.717) is 17.4 Å². The molecule has 1 atom stereocenters. The maximum absolute atomic E-state index is 11.0. The number of carbonyl (C=O) groups is 1. The van der Waals surface area contributed by atoms with Crippen molar-refractivity contribution in [2.24, 2.45) is 0 Å². The first-order valence-corrected chi connectivity index (χ1v) is 7.16. The van der Waals surface area contributed by atoms with E-state index >= 15 is 0 Å². The summed E-state index contributed by atoms with van der Waals surface area (Å²) in [7, 11) is 0. The van der Waals surface area contributed by atoms with E-state index in [9.17, 15) is 4.79 Å². The van der Waals surface area contributed by atoms with Crippen LogP contribution in [0, 0.1) is 0 Å². The number of ether oxygens (including phenoxy) is 2. The van der Waals surface area contributed by atoms with Crippen LogP contribution in [-0.2, 0) is 4.79 Å². The lowest BCUT2D eigenvalue weighted by molar-refractivity contribution is -0.114. The highest BCUT2D eigenvalue weighted by molar-refractivity contribution is 5.88. The molecule has 3 rings (SSSR count). The summed E-state index contributed by atoms with van der Waals surface area (Å²) in [4.78, 5) is 19.2. The fourth-order valence-corrected chi connectivity index (χ4v) is 2.45. The lowest BCUT2D eigenvalue weighted by Crippen LogP contribution is -2.13. The van der Waals surface area contributed by atoms with Crippen molar-refractivity contribution in [2.45, 2.75) is 26.2 Å². The molecule has 0 fully saturated rings. The van der Waals surface area contributed by atoms with E-state index in [4.69, 9.17) is 9.47 Å². The highest BCUT2D eigenvalue weighted by Gasteiger charge is 2.22. The SMILES string of the molecule is CC(=O)Nc1cnc(Oc2cccc3c2C(C)CCO3)nc1. The molecule has 1 aromatic heterocycles. The van der Waals surface area contributed by atoms with Crippen LogP contribution >= 0.6 is 0 Å². The molecule has 1 aliphatic rings. The molecule has 1 unspecified atom stereocenters. The zero-order valence-corrected chi connectivity index (χ0v) is 12.5. The topological polar surface area (TPSA) is 73.3 Å². The van der Waals surface area contributed by atoms with E-state index in [1.165, 1.54) is 19.3 Å². The second kappa shape index (κ2) is 6.01. The van der Waals surface area contributed by atoms with E-state index in [0.717, 1.165) is 24.3 Å². The Hall–Kier alpha value is -2.63. The number of anilines is 1. The van der Waals surface area contributed by atoms with E-state index < -0.39 is 0 Å². The van der Waals surface area contributed by atoms with Crippen molar-refractivity contribution in [3.8, 4) is 17.5 Å². The molecule has 0 radical (unpaired) electrons. The Morgan fingerprint density at radius 2 is 2.14 bits per heavy atom. The molecule has 0 aliphatic carbocycles. The minimum atomic E-state index is -0.166. The predicted octanol–water partition coefficient (Wildman–Crippen LogP) is 3.11. The molecular formula is C16H17N3O3. The van der Waals surface area contributed by atoms with Crippen molar-refractivity contribution in [1.82, 2.24) is 9.97 Å². The fourth-order valence-electron chi connectivity index (χ4n) is 2.45. The summed E-state index contributed by atoms with van der Waals surface area (Å²) in [6.45, 7) is 4.30. The van der Waals surface area contributed by atoms with Crippen molar-refractivity contribution >= 4 is 11.6 Å². The number of nitrogens with one attached hydrogen (secondary N) is 1. The van der Waals surface area contributed by atoms with E-state index in [-0.39, 0.29) is 11.9 Å². The molecule has 114 valence electrons. The largest absolute Gasteiger partial charge is 0.493 e. The Labute approximate surface area is 128 Å². The molecule has 22 heavy (non-hydrogen) atoms. The van der Waals surface area contributed by atoms with Crippen LogP contribution in [0.3, 0.4) is 0 Å². The number of aromatic nitrogens is 2. The Balaban J connectivity index is 1.83. The zero-order valence-electron chi connectivity index (χ0n) is 12.5. The van der Waals surface area contributed by atoms with Gasteiger partial charge in [-0.25, -0.2) is 9.97 Å². The van der Waals surface area contributed by atoms with Crippen LogP contribution in [0.25, 0.3) is 0 Å². The first-order valence-electron chi connectivity index (χ1n) is 7.16. The molecule has 1 aromatic carbocycles. The minimum absolute atomic E-state index is 0.166. The van der Waals surface area contributed by atoms with Crippen molar-refractivity contribution < 1.29 is 14.3 Å². The van der Waals surface area contributed by atoms with E-state index in [2.05, 4.69) is 22.2 Å². The monoisotopic (exact) mass is 299 g/mol. The number of amides is 1. The van der Waals surface area contributed by atoms with Gasteiger partial charge in [-0.2, -0.15) is 0 Å². The second-order valence-corrected chi connectivity index (χ2v) is 5.24. The molecule has 0 bridgehead atoms. The lowest BCUT2D eigenvalue weighted by atomic mass is 9.94. The zero-order chi connectivity index (χ0) is 15.5. The maximum atomic E-state index is 11.0. The van der Waals surface area contributed by atoms with Gasteiger partial charge in [0.05, 0.1) is 24.7 Å². The van der Waals surface area contributed by atoms with E-state index in [1.54, 1.807) is 0 Å². The van der Waals surface area contributed by atoms with Crippen LogP contribution in [0.1, 0.15) is 31.7 Å². The number of fused-ring (bicyclic) bond motifs is 1. The molecule has 2 heterocycles. The van der Waals surface area contributed by atoms with Gasteiger partial charge in [-0.3, -0.25) is 4.79 Å². The summed E-state index contributed by atoms with van der Waals surface area (Å²) in [5.74, 6) is 1.75. The van der Waals surface area contributed by atoms with E-state index in [1.807, 2.05) is 18.2 Å². The van der Waals surface area contributed by atoms with Gasteiger partial charge in [-0.15, -0.1) is 0 Å². The Morgan fingerprint density at radius 1 is 1.36 bits per heavy atom. The number of nitrogens with zero attached hydrogens (tertiary/aromatic N) is 2. The molecule has 2 aromatic rings. The molecule has 0 saturated heterocycles. The van der Waals surface area contributed by atoms with Gasteiger partial charge < -0.3 is 14.8 Å². The van der Waals surface area contributed by atoms with Crippen LogP contribution in [0.2, 0.25) is 0 Å². The normalized spacial score (nSPS) is 16.4. The second-order valence-electron chi connectivity index (χ2n) is 5.24. The highest BCUT2D eigenvalue weighted by Crippen LogP contribution is 2.40. The predicted molar refractivity (Wildman–Crippen MR) is 81.4 cm³/mol. The third-order valence-corrected chi connectivity index (χ3v) is 3.48. The lowest BCUT2D eigenvalue weighted by Gasteiger charge is -2.24. The minimum Gasteiger partial charge on any atom is -0.493 e. The number of rotatable bonds is 3. The van der Waals surface area contributed by atoms with Crippen molar-refractivity contribution in [3.63, 3.8) is 0 Å². The summed E-state index contributed by atoms with van der Waals surface area (Å²) in [5, 5.41) is 2.61. The van der Waals surface area contributed by atoms with Crippen LogP contribution in [0.4, 0.5) is 5.69 Å². The summed E-state index contributed by atoms with van der Waals surface area (Å²) >= 11 is 0. The molecule has 6 nitrogen and oxygen atoms in total. The first-order chi connectivity index (χ1) is 10.6. The van der Waals surface area contributed by atoms with Crippen molar-refractivity contribution in [2.75, 3.05) is 11.9 Å². The number of carbonyl (C=O) groups excluding carboxylic acids is 1. The summed E-state index contributed by atoms with van der Waals surface area (Å²) in [6.07, 6.45) is 3.98. The number of hydrogen-bond donors (Lipinski definition) is 1. The average Bonchev–Trinajstić information content (AvgIpc) is 2.49. The van der Waals surface area contributed by atoms with Crippen LogP contribution in [0.15, 0.2) is 30.6 Å². The molecule has 0 spiro atoms. The molecule has 6 heteroatoms. The summed E-state index contributed by atoms with van der Waals surface area (Å²) in [5.41, 5.74) is 1.58. The van der Waals surface area contributed by atoms with Gasteiger partial charge in [-0.1, -0.05) is 13.0 Å². The fraction of sp³-hybridized carbons (Fsp3) is 0.312. The van der Waals surface area contributed by atoms with Crippen LogP contribution in [-0.4, -0.2) is 22.5 Å². The molecule has 1 N–H and O–H groups in total. The smallest absolute Gasteiger partial charge is 0.322 e. The summed E-state index contributed by atoms with van der Waals surface area (Å²) in [6, 6.07) is 5.95. The van der Waals surface area contributed by atoms with Gasteiger partial charge in [0, 0.05) is 12.5 Å². The van der Waals surface area contributed by atoms with Crippen LogP contribution < -0.4 is 14.8 Å². The maximum Gasteiger partial charge on any atom is 0.322 e. The first kappa shape index (κ1) is 14.3. The molecule has 1 aliphatic heterocycles. The van der Waals surface area contributed by atoms with Gasteiger partial charge in [-0.05, 0) is 24.5 Å². The van der Waals surface area contributed by atoms with Gasteiger partial charge in [0.1, 0.15) is 11.5 Å². The van der Waals surface area contributed by atoms with Crippen molar-refractivity contribution in [1.29, 1.82) is 0 Å². The van der Waals surface area contributed by atoms with Gasteiger partial charge in [0.25, 0.3) is 0 Å². The average molecular weight is 299 g/mol. The number of benzene rings is 1. The highest BCUT2D eigenvalue weighted by atomic mass is 16.5. The quantitative estimate of drug-likeness (QED) is 0.942. The third-order valence-electron chi connectivity index (χ3n) is 3.48. The van der Waals surface area contributed by atoms with Gasteiger partial charge in [0.15, 0.2) is 0 Å². The standard InChI is InChI=1S/C16H17N3O3/c1-10-6-7-21-13-4-3-5-14(15(10)13)22-16-17-8-12(9-18-16)19-11(2)20/h3-5,8-10H,6-7H2,1-2H3,(H,19,20). The van der Waals surface area contributed by atoms with Crippen molar-refractivity contribution in [3.05, 3.63) is 36.2 Å².